The quantitative estimate of drug-likeness (QED) is 0.829. The molecule has 1 aromatic rings. The lowest BCUT2D eigenvalue weighted by Gasteiger charge is -2.15. The topological polar surface area (TPSA) is 54.9 Å². The minimum atomic E-state index is -0.166. The molecule has 0 atom stereocenters. The van der Waals surface area contributed by atoms with Crippen molar-refractivity contribution in [2.75, 3.05) is 12.4 Å². The van der Waals surface area contributed by atoms with Crippen LogP contribution in [0.3, 0.4) is 0 Å². The van der Waals surface area contributed by atoms with Gasteiger partial charge in [-0.2, -0.15) is 0 Å². The highest BCUT2D eigenvalue weighted by Gasteiger charge is 2.25. The van der Waals surface area contributed by atoms with Crippen molar-refractivity contribution in [2.24, 2.45) is 0 Å². The Kier molecular flexibility index (Phi) is 4.04. The zero-order chi connectivity index (χ0) is 11.5. The van der Waals surface area contributed by atoms with Gasteiger partial charge in [0.05, 0.1) is 5.69 Å². The van der Waals surface area contributed by atoms with E-state index in [1.54, 1.807) is 0 Å². The van der Waals surface area contributed by atoms with Gasteiger partial charge in [0.25, 0.3) is 5.91 Å². The number of alkyl halides is 1. The normalized spacial score (nSPS) is 11.5. The van der Waals surface area contributed by atoms with E-state index in [-0.39, 0.29) is 11.3 Å². The lowest BCUT2D eigenvalue weighted by Crippen LogP contribution is -2.27. The molecule has 0 unspecified atom stereocenters. The largest absolute Gasteiger partial charge is 0.350 e. The summed E-state index contributed by atoms with van der Waals surface area (Å²) in [6.45, 7) is 6.47. The molecule has 0 aliphatic rings. The summed E-state index contributed by atoms with van der Waals surface area (Å²) in [7, 11) is 0. The van der Waals surface area contributed by atoms with Crippen molar-refractivity contribution < 1.29 is 4.79 Å². The van der Waals surface area contributed by atoms with Crippen molar-refractivity contribution in [1.29, 1.82) is 0 Å². The summed E-state index contributed by atoms with van der Waals surface area (Å²) in [5, 5.41) is 6.70. The van der Waals surface area contributed by atoms with Crippen LogP contribution < -0.4 is 5.32 Å². The third-order valence-electron chi connectivity index (χ3n) is 1.78. The lowest BCUT2D eigenvalue weighted by molar-refractivity contribution is 0.0957. The number of aromatic nitrogens is 2. The fourth-order valence-electron chi connectivity index (χ4n) is 1.07. The van der Waals surface area contributed by atoms with Gasteiger partial charge in [0, 0.05) is 17.8 Å². The van der Waals surface area contributed by atoms with Gasteiger partial charge in [0.2, 0.25) is 0 Å². The van der Waals surface area contributed by atoms with Gasteiger partial charge in [0.15, 0.2) is 0 Å². The molecular formula is C9H14ClN3OS. The monoisotopic (exact) mass is 247 g/mol. The number of hydrogen-bond donors (Lipinski definition) is 1. The molecule has 0 saturated heterocycles. The molecule has 0 spiro atoms. The van der Waals surface area contributed by atoms with E-state index >= 15 is 0 Å². The highest BCUT2D eigenvalue weighted by molar-refractivity contribution is 7.08. The van der Waals surface area contributed by atoms with Crippen LogP contribution in [0.2, 0.25) is 0 Å². The molecule has 84 valence electrons. The fraction of sp³-hybridized carbons (Fsp3) is 0.667. The Morgan fingerprint density at radius 3 is 2.73 bits per heavy atom. The molecule has 1 aromatic heterocycles. The van der Waals surface area contributed by atoms with Gasteiger partial charge in [-0.05, 0) is 11.5 Å². The standard InChI is InChI=1S/C9H14ClN3OS/c1-9(2,3)7-6(15-13-12-7)8(14)11-5-4-10/h4-5H2,1-3H3,(H,11,14). The third-order valence-corrected chi connectivity index (χ3v) is 2.70. The van der Waals surface area contributed by atoms with E-state index in [4.69, 9.17) is 11.6 Å². The minimum absolute atomic E-state index is 0.143. The Balaban J connectivity index is 2.86. The second-order valence-corrected chi connectivity index (χ2v) is 5.28. The first-order chi connectivity index (χ1) is 6.96. The minimum Gasteiger partial charge on any atom is -0.350 e. The number of hydrogen-bond acceptors (Lipinski definition) is 4. The summed E-state index contributed by atoms with van der Waals surface area (Å²) in [5.41, 5.74) is 0.570. The second-order valence-electron chi connectivity index (χ2n) is 4.15. The Bertz CT molecular complexity index is 345. The van der Waals surface area contributed by atoms with Crippen molar-refractivity contribution in [3.8, 4) is 0 Å². The Hall–Kier alpha value is -0.680. The Morgan fingerprint density at radius 2 is 2.20 bits per heavy atom. The predicted molar refractivity (Wildman–Crippen MR) is 61.7 cm³/mol. The lowest BCUT2D eigenvalue weighted by atomic mass is 9.91. The van der Waals surface area contributed by atoms with Gasteiger partial charge in [-0.1, -0.05) is 25.3 Å². The average Bonchev–Trinajstić information content (AvgIpc) is 2.61. The molecule has 0 aliphatic heterocycles. The molecule has 6 heteroatoms. The highest BCUT2D eigenvalue weighted by atomic mass is 35.5. The van der Waals surface area contributed by atoms with E-state index in [1.165, 1.54) is 0 Å². The number of halogens is 1. The first-order valence-corrected chi connectivity index (χ1v) is 5.94. The van der Waals surface area contributed by atoms with Crippen LogP contribution in [0.5, 0.6) is 0 Å². The maximum absolute atomic E-state index is 11.7. The highest BCUT2D eigenvalue weighted by Crippen LogP contribution is 2.25. The summed E-state index contributed by atoms with van der Waals surface area (Å²) in [6.07, 6.45) is 0. The molecule has 4 nitrogen and oxygen atoms in total. The van der Waals surface area contributed by atoms with Gasteiger partial charge in [0.1, 0.15) is 4.88 Å². The number of nitrogens with zero attached hydrogens (tertiary/aromatic N) is 2. The Morgan fingerprint density at radius 1 is 1.53 bits per heavy atom. The van der Waals surface area contributed by atoms with E-state index in [0.29, 0.717) is 17.3 Å². The summed E-state index contributed by atoms with van der Waals surface area (Å²) < 4.78 is 3.82. The summed E-state index contributed by atoms with van der Waals surface area (Å²) in [5.74, 6) is 0.263. The molecular weight excluding hydrogens is 234 g/mol. The molecule has 1 rings (SSSR count). The molecule has 0 fully saturated rings. The van der Waals surface area contributed by atoms with Crippen LogP contribution in [0.1, 0.15) is 36.1 Å². The maximum Gasteiger partial charge on any atom is 0.265 e. The van der Waals surface area contributed by atoms with Crippen molar-refractivity contribution in [3.05, 3.63) is 10.6 Å². The van der Waals surface area contributed by atoms with Crippen LogP contribution in [0.25, 0.3) is 0 Å². The number of amides is 1. The molecule has 15 heavy (non-hydrogen) atoms. The number of carbonyl (C=O) groups excluding carboxylic acids is 1. The van der Waals surface area contributed by atoms with Crippen LogP contribution in [-0.2, 0) is 5.41 Å². The smallest absolute Gasteiger partial charge is 0.265 e. The zero-order valence-corrected chi connectivity index (χ0v) is 10.6. The van der Waals surface area contributed by atoms with Gasteiger partial charge < -0.3 is 5.32 Å². The molecule has 1 amide bonds. The molecule has 1 heterocycles. The van der Waals surface area contributed by atoms with Crippen molar-refractivity contribution in [3.63, 3.8) is 0 Å². The first kappa shape index (κ1) is 12.4. The Labute approximate surface area is 98.2 Å². The van der Waals surface area contributed by atoms with Crippen LogP contribution in [0, 0.1) is 0 Å². The van der Waals surface area contributed by atoms with Crippen molar-refractivity contribution in [1.82, 2.24) is 14.9 Å². The molecule has 1 N–H and O–H groups in total. The van der Waals surface area contributed by atoms with Gasteiger partial charge in [-0.15, -0.1) is 16.7 Å². The van der Waals surface area contributed by atoms with Gasteiger partial charge in [-0.3, -0.25) is 4.79 Å². The van der Waals surface area contributed by atoms with E-state index in [0.717, 1.165) is 17.2 Å². The second kappa shape index (κ2) is 4.90. The SMILES string of the molecule is CC(C)(C)c1nnsc1C(=O)NCCCl. The summed E-state index contributed by atoms with van der Waals surface area (Å²) in [4.78, 5) is 12.3. The third kappa shape index (κ3) is 3.14. The summed E-state index contributed by atoms with van der Waals surface area (Å²) >= 11 is 6.61. The molecule has 0 bridgehead atoms. The maximum atomic E-state index is 11.7. The van der Waals surface area contributed by atoms with E-state index in [9.17, 15) is 4.79 Å². The van der Waals surface area contributed by atoms with Crippen molar-refractivity contribution in [2.45, 2.75) is 26.2 Å². The van der Waals surface area contributed by atoms with Crippen LogP contribution >= 0.6 is 23.1 Å². The number of rotatable bonds is 3. The van der Waals surface area contributed by atoms with Crippen LogP contribution in [0.15, 0.2) is 0 Å². The van der Waals surface area contributed by atoms with E-state index in [1.807, 2.05) is 20.8 Å². The van der Waals surface area contributed by atoms with E-state index < -0.39 is 0 Å². The first-order valence-electron chi connectivity index (χ1n) is 4.64. The molecule has 0 saturated carbocycles. The number of carbonyl (C=O) groups is 1. The molecule has 0 radical (unpaired) electrons. The van der Waals surface area contributed by atoms with Crippen molar-refractivity contribution >= 4 is 29.0 Å². The van der Waals surface area contributed by atoms with Gasteiger partial charge in [-0.25, -0.2) is 0 Å². The van der Waals surface area contributed by atoms with E-state index in [2.05, 4.69) is 14.9 Å². The summed E-state index contributed by atoms with van der Waals surface area (Å²) in [6, 6.07) is 0. The number of nitrogens with one attached hydrogen (secondary N) is 1. The van der Waals surface area contributed by atoms with Crippen LogP contribution in [-0.4, -0.2) is 27.9 Å². The predicted octanol–water partition coefficient (Wildman–Crippen LogP) is 1.80. The van der Waals surface area contributed by atoms with Gasteiger partial charge >= 0.3 is 0 Å². The molecule has 0 aromatic carbocycles. The zero-order valence-electron chi connectivity index (χ0n) is 9.00. The molecule has 0 aliphatic carbocycles. The average molecular weight is 248 g/mol. The fourth-order valence-corrected chi connectivity index (χ4v) is 1.96. The van der Waals surface area contributed by atoms with Crippen LogP contribution in [0.4, 0.5) is 0 Å².